The van der Waals surface area contributed by atoms with Gasteiger partial charge in [0.1, 0.15) is 5.78 Å². The fourth-order valence-electron chi connectivity index (χ4n) is 2.11. The average Bonchev–Trinajstić information content (AvgIpc) is 2.46. The van der Waals surface area contributed by atoms with Gasteiger partial charge >= 0.3 is 0 Å². The molecule has 0 N–H and O–H groups in total. The minimum absolute atomic E-state index is 0.234. The Morgan fingerprint density at radius 1 is 1.24 bits per heavy atom. The van der Waals surface area contributed by atoms with Crippen molar-refractivity contribution in [3.63, 3.8) is 0 Å². The number of aryl methyl sites for hydroxylation is 1. The predicted molar refractivity (Wildman–Crippen MR) is 84.2 cm³/mol. The van der Waals surface area contributed by atoms with Crippen LogP contribution in [0.25, 0.3) is 0 Å². The molecule has 0 heterocycles. The molecule has 0 radical (unpaired) electrons. The molecule has 0 atom stereocenters. The minimum Gasteiger partial charge on any atom is -0.490 e. The van der Waals surface area contributed by atoms with Crippen LogP contribution in [0.15, 0.2) is 18.2 Å². The van der Waals surface area contributed by atoms with Crippen LogP contribution in [0.4, 0.5) is 4.39 Å². The summed E-state index contributed by atoms with van der Waals surface area (Å²) in [6, 6.07) is 5.34. The van der Waals surface area contributed by atoms with E-state index in [-0.39, 0.29) is 5.82 Å². The quantitative estimate of drug-likeness (QED) is 0.571. The van der Waals surface area contributed by atoms with E-state index in [1.54, 1.807) is 6.07 Å². The Balaban J connectivity index is 2.41. The monoisotopic (exact) mass is 294 g/mol. The van der Waals surface area contributed by atoms with Crippen molar-refractivity contribution in [1.82, 2.24) is 0 Å². The molecule has 0 aliphatic rings. The van der Waals surface area contributed by atoms with E-state index in [0.717, 1.165) is 19.3 Å². The van der Waals surface area contributed by atoms with E-state index in [1.165, 1.54) is 0 Å². The van der Waals surface area contributed by atoms with Gasteiger partial charge in [0.2, 0.25) is 0 Å². The van der Waals surface area contributed by atoms with Crippen LogP contribution in [0.2, 0.25) is 0 Å². The number of carbonyl (C=O) groups excluding carboxylic acids is 1. The van der Waals surface area contributed by atoms with E-state index in [0.29, 0.717) is 48.9 Å². The van der Waals surface area contributed by atoms with Gasteiger partial charge in [-0.2, -0.15) is 0 Å². The topological polar surface area (TPSA) is 26.3 Å². The van der Waals surface area contributed by atoms with Gasteiger partial charge in [-0.05, 0) is 36.8 Å². The number of Topliss-reactive ketones (excluding diaryl/α,β-unsaturated/α-hetero) is 1. The summed E-state index contributed by atoms with van der Waals surface area (Å²) in [6.45, 7) is 6.50. The van der Waals surface area contributed by atoms with E-state index in [2.05, 4.69) is 0 Å². The van der Waals surface area contributed by atoms with Gasteiger partial charge in [0, 0.05) is 12.8 Å². The maximum atomic E-state index is 14.2. The number of ether oxygens (including phenoxy) is 1. The summed E-state index contributed by atoms with van der Waals surface area (Å²) in [7, 11) is 0. The molecule has 0 aromatic heterocycles. The van der Waals surface area contributed by atoms with E-state index in [1.807, 2.05) is 32.9 Å². The van der Waals surface area contributed by atoms with Crippen LogP contribution in [0.3, 0.4) is 0 Å². The zero-order chi connectivity index (χ0) is 15.7. The van der Waals surface area contributed by atoms with Gasteiger partial charge in [0.05, 0.1) is 6.61 Å². The summed E-state index contributed by atoms with van der Waals surface area (Å²) in [4.78, 5) is 11.2. The highest BCUT2D eigenvalue weighted by Crippen LogP contribution is 2.22. The Labute approximate surface area is 127 Å². The fourth-order valence-corrected chi connectivity index (χ4v) is 2.11. The molecule has 1 aromatic rings. The van der Waals surface area contributed by atoms with E-state index < -0.39 is 0 Å². The molecule has 2 nitrogen and oxygen atoms in total. The van der Waals surface area contributed by atoms with Crippen LogP contribution in [-0.2, 0) is 11.2 Å². The smallest absolute Gasteiger partial charge is 0.168 e. The first-order valence-electron chi connectivity index (χ1n) is 7.96. The van der Waals surface area contributed by atoms with Gasteiger partial charge in [-0.3, -0.25) is 4.79 Å². The van der Waals surface area contributed by atoms with Crippen molar-refractivity contribution in [3.8, 4) is 5.75 Å². The second-order valence-electron chi connectivity index (χ2n) is 5.89. The molecule has 1 rings (SSSR count). The lowest BCUT2D eigenvalue weighted by atomic mass is 10.0. The lowest BCUT2D eigenvalue weighted by Crippen LogP contribution is -2.06. The maximum Gasteiger partial charge on any atom is 0.168 e. The molecule has 0 bridgehead atoms. The molecular formula is C18H27FO2. The molecule has 0 saturated heterocycles. The molecule has 0 aliphatic carbocycles. The molecule has 118 valence electrons. The minimum atomic E-state index is -0.234. The number of unbranched alkanes of at least 4 members (excludes halogenated alkanes) is 2. The second kappa shape index (κ2) is 9.54. The summed E-state index contributed by atoms with van der Waals surface area (Å²) in [5.41, 5.74) is 0.707. The van der Waals surface area contributed by atoms with Crippen molar-refractivity contribution in [2.45, 2.75) is 59.3 Å². The lowest BCUT2D eigenvalue weighted by Gasteiger charge is -2.11. The molecule has 0 amide bonds. The maximum absolute atomic E-state index is 14.2. The number of halogens is 1. The predicted octanol–water partition coefficient (Wildman–Crippen LogP) is 4.94. The van der Waals surface area contributed by atoms with E-state index >= 15 is 0 Å². The van der Waals surface area contributed by atoms with Crippen LogP contribution < -0.4 is 4.74 Å². The third-order valence-electron chi connectivity index (χ3n) is 3.41. The largest absolute Gasteiger partial charge is 0.490 e. The summed E-state index contributed by atoms with van der Waals surface area (Å²) in [6.07, 6.45) is 4.73. The van der Waals surface area contributed by atoms with Gasteiger partial charge < -0.3 is 4.74 Å². The third-order valence-corrected chi connectivity index (χ3v) is 3.41. The second-order valence-corrected chi connectivity index (χ2v) is 5.89. The van der Waals surface area contributed by atoms with Crippen molar-refractivity contribution >= 4 is 5.78 Å². The SMILES string of the molecule is CCC(=O)CCCCCc1cccc(OCC(C)C)c1F. The molecular weight excluding hydrogens is 267 g/mol. The van der Waals surface area contributed by atoms with Gasteiger partial charge in [0.15, 0.2) is 11.6 Å². The van der Waals surface area contributed by atoms with Crippen molar-refractivity contribution in [2.75, 3.05) is 6.61 Å². The Bertz CT molecular complexity index is 441. The number of hydrogen-bond donors (Lipinski definition) is 0. The van der Waals surface area contributed by atoms with Crippen LogP contribution in [0.5, 0.6) is 5.75 Å². The summed E-state index contributed by atoms with van der Waals surface area (Å²) in [5, 5.41) is 0. The molecule has 3 heteroatoms. The standard InChI is InChI=1S/C18H27FO2/c1-4-16(20)11-7-5-6-9-15-10-8-12-17(18(15)19)21-13-14(2)3/h8,10,12,14H,4-7,9,11,13H2,1-3H3. The first-order chi connectivity index (χ1) is 10.0. The molecule has 1 aromatic carbocycles. The Morgan fingerprint density at radius 2 is 2.00 bits per heavy atom. The van der Waals surface area contributed by atoms with Crippen molar-refractivity contribution in [3.05, 3.63) is 29.6 Å². The van der Waals surface area contributed by atoms with Crippen LogP contribution >= 0.6 is 0 Å². The van der Waals surface area contributed by atoms with Gasteiger partial charge in [-0.25, -0.2) is 4.39 Å². The van der Waals surface area contributed by atoms with Crippen molar-refractivity contribution < 1.29 is 13.9 Å². The zero-order valence-electron chi connectivity index (χ0n) is 13.5. The summed E-state index contributed by atoms with van der Waals surface area (Å²) < 4.78 is 19.7. The number of benzene rings is 1. The first kappa shape index (κ1) is 17.7. The molecule has 21 heavy (non-hydrogen) atoms. The highest BCUT2D eigenvalue weighted by atomic mass is 19.1. The molecule has 0 saturated carbocycles. The van der Waals surface area contributed by atoms with Gasteiger partial charge in [-0.1, -0.05) is 39.3 Å². The lowest BCUT2D eigenvalue weighted by molar-refractivity contribution is -0.118. The van der Waals surface area contributed by atoms with Gasteiger partial charge in [-0.15, -0.1) is 0 Å². The van der Waals surface area contributed by atoms with Crippen molar-refractivity contribution in [1.29, 1.82) is 0 Å². The average molecular weight is 294 g/mol. The van der Waals surface area contributed by atoms with Gasteiger partial charge in [0.25, 0.3) is 0 Å². The Morgan fingerprint density at radius 3 is 2.67 bits per heavy atom. The number of hydrogen-bond acceptors (Lipinski definition) is 2. The fraction of sp³-hybridized carbons (Fsp3) is 0.611. The molecule has 0 spiro atoms. The molecule has 0 fully saturated rings. The number of rotatable bonds is 10. The van der Waals surface area contributed by atoms with Crippen LogP contribution in [0.1, 0.15) is 58.4 Å². The van der Waals surface area contributed by atoms with E-state index in [4.69, 9.17) is 4.74 Å². The van der Waals surface area contributed by atoms with Crippen LogP contribution in [-0.4, -0.2) is 12.4 Å². The summed E-state index contributed by atoms with van der Waals surface area (Å²) in [5.74, 6) is 0.805. The Hall–Kier alpha value is -1.38. The number of ketones is 1. The molecule has 0 unspecified atom stereocenters. The number of carbonyl (C=O) groups is 1. The molecule has 0 aliphatic heterocycles. The summed E-state index contributed by atoms with van der Waals surface area (Å²) >= 11 is 0. The highest BCUT2D eigenvalue weighted by molar-refractivity contribution is 5.77. The van der Waals surface area contributed by atoms with E-state index in [9.17, 15) is 9.18 Å². The highest BCUT2D eigenvalue weighted by Gasteiger charge is 2.09. The third kappa shape index (κ3) is 6.74. The van der Waals surface area contributed by atoms with Crippen molar-refractivity contribution in [2.24, 2.45) is 5.92 Å². The normalized spacial score (nSPS) is 10.9. The first-order valence-corrected chi connectivity index (χ1v) is 7.96. The zero-order valence-corrected chi connectivity index (χ0v) is 13.5. The Kier molecular flexibility index (Phi) is 8.03. The van der Waals surface area contributed by atoms with Crippen LogP contribution in [0, 0.1) is 11.7 Å².